The third kappa shape index (κ3) is 4.74. The minimum Gasteiger partial charge on any atom is -0.493 e. The van der Waals surface area contributed by atoms with E-state index in [1.807, 2.05) is 30.3 Å². The molecule has 1 unspecified atom stereocenters. The number of carbonyl (C=O) groups is 2. The Labute approximate surface area is 176 Å². The van der Waals surface area contributed by atoms with Crippen LogP contribution in [0.5, 0.6) is 11.5 Å². The average molecular weight is 410 g/mol. The lowest BCUT2D eigenvalue weighted by molar-refractivity contribution is -0.143. The lowest BCUT2D eigenvalue weighted by Crippen LogP contribution is -2.45. The molecule has 0 spiro atoms. The normalized spacial score (nSPS) is 16.0. The van der Waals surface area contributed by atoms with Gasteiger partial charge in [-0.1, -0.05) is 42.5 Å². The summed E-state index contributed by atoms with van der Waals surface area (Å²) in [6, 6.07) is 13.9. The van der Waals surface area contributed by atoms with Crippen molar-refractivity contribution in [2.75, 3.05) is 7.11 Å². The number of hydrogen-bond donors (Lipinski definition) is 2. The van der Waals surface area contributed by atoms with Crippen LogP contribution >= 0.6 is 0 Å². The predicted molar refractivity (Wildman–Crippen MR) is 112 cm³/mol. The molecule has 0 aliphatic carbocycles. The van der Waals surface area contributed by atoms with E-state index in [1.54, 1.807) is 46.1 Å². The van der Waals surface area contributed by atoms with Crippen LogP contribution in [-0.4, -0.2) is 25.2 Å². The molecule has 2 amide bonds. The Balaban J connectivity index is 2.02. The highest BCUT2D eigenvalue weighted by Crippen LogP contribution is 2.39. The highest BCUT2D eigenvalue weighted by Gasteiger charge is 2.35. The smallest absolute Gasteiger partial charge is 0.338 e. The fourth-order valence-electron chi connectivity index (χ4n) is 3.28. The third-order valence-corrected chi connectivity index (χ3v) is 4.60. The maximum Gasteiger partial charge on any atom is 0.338 e. The number of urea groups is 1. The van der Waals surface area contributed by atoms with E-state index in [-0.39, 0.29) is 6.10 Å². The molecular weight excluding hydrogens is 384 g/mol. The van der Waals surface area contributed by atoms with Gasteiger partial charge in [0.05, 0.1) is 24.8 Å². The van der Waals surface area contributed by atoms with E-state index in [4.69, 9.17) is 14.2 Å². The number of ether oxygens (including phenoxy) is 3. The zero-order valence-electron chi connectivity index (χ0n) is 17.5. The van der Waals surface area contributed by atoms with E-state index in [0.717, 1.165) is 5.56 Å². The standard InChI is InChI=1S/C23H26N2O5/c1-14(2)30-22(26)19-15(3)24-23(27)25-20(19)17-11-8-12-18(28-4)21(17)29-13-16-9-6-5-7-10-16/h5-12,14,20H,13H2,1-4H3,(H2,24,25,27). The van der Waals surface area contributed by atoms with E-state index in [2.05, 4.69) is 10.6 Å². The Kier molecular flexibility index (Phi) is 6.61. The van der Waals surface area contributed by atoms with Crippen LogP contribution in [0.15, 0.2) is 59.8 Å². The molecule has 7 nitrogen and oxygen atoms in total. The quantitative estimate of drug-likeness (QED) is 0.677. The molecule has 0 radical (unpaired) electrons. The number of methoxy groups -OCH3 is 1. The molecule has 2 aromatic carbocycles. The van der Waals surface area contributed by atoms with E-state index in [9.17, 15) is 9.59 Å². The monoisotopic (exact) mass is 410 g/mol. The first-order chi connectivity index (χ1) is 14.4. The number of para-hydroxylation sites is 1. The molecule has 7 heteroatoms. The molecule has 3 rings (SSSR count). The third-order valence-electron chi connectivity index (χ3n) is 4.60. The summed E-state index contributed by atoms with van der Waals surface area (Å²) < 4.78 is 17.0. The molecule has 1 aliphatic rings. The number of hydrogen-bond acceptors (Lipinski definition) is 5. The molecule has 158 valence electrons. The molecule has 0 fully saturated rings. The summed E-state index contributed by atoms with van der Waals surface area (Å²) in [6.07, 6.45) is -0.296. The van der Waals surface area contributed by atoms with Crippen molar-refractivity contribution in [1.29, 1.82) is 0 Å². The van der Waals surface area contributed by atoms with E-state index in [0.29, 0.717) is 34.9 Å². The van der Waals surface area contributed by atoms with Crippen LogP contribution in [0.3, 0.4) is 0 Å². The fourth-order valence-corrected chi connectivity index (χ4v) is 3.28. The van der Waals surface area contributed by atoms with Crippen LogP contribution < -0.4 is 20.1 Å². The van der Waals surface area contributed by atoms with E-state index in [1.165, 1.54) is 0 Å². The first kappa shape index (κ1) is 21.2. The van der Waals surface area contributed by atoms with Gasteiger partial charge in [-0.3, -0.25) is 0 Å². The van der Waals surface area contributed by atoms with E-state index < -0.39 is 18.0 Å². The lowest BCUT2D eigenvalue weighted by atomic mass is 9.94. The molecule has 0 bridgehead atoms. The number of esters is 1. The summed E-state index contributed by atoms with van der Waals surface area (Å²) in [7, 11) is 1.55. The van der Waals surface area contributed by atoms with Gasteiger partial charge in [-0.25, -0.2) is 9.59 Å². The van der Waals surface area contributed by atoms with Gasteiger partial charge < -0.3 is 24.8 Å². The second-order valence-electron chi connectivity index (χ2n) is 7.18. The Bertz CT molecular complexity index is 953. The number of benzene rings is 2. The molecule has 2 N–H and O–H groups in total. The molecule has 0 aromatic heterocycles. The highest BCUT2D eigenvalue weighted by molar-refractivity contribution is 5.95. The summed E-state index contributed by atoms with van der Waals surface area (Å²) in [4.78, 5) is 25.0. The molecule has 30 heavy (non-hydrogen) atoms. The van der Waals surface area contributed by atoms with Gasteiger partial charge in [0, 0.05) is 11.3 Å². The molecule has 0 saturated carbocycles. The minimum absolute atomic E-state index is 0.296. The first-order valence-electron chi connectivity index (χ1n) is 9.73. The number of carbonyl (C=O) groups excluding carboxylic acids is 2. The van der Waals surface area contributed by atoms with Crippen LogP contribution in [0.4, 0.5) is 4.79 Å². The van der Waals surface area contributed by atoms with Crippen LogP contribution in [0, 0.1) is 0 Å². The number of allylic oxidation sites excluding steroid dienone is 1. The predicted octanol–water partition coefficient (Wildman–Crippen LogP) is 3.85. The van der Waals surface area contributed by atoms with Gasteiger partial charge in [0.1, 0.15) is 6.61 Å². The SMILES string of the molecule is COc1cccc(C2NC(=O)NC(C)=C2C(=O)OC(C)C)c1OCc1ccccc1. The minimum atomic E-state index is -0.745. The molecule has 1 atom stereocenters. The summed E-state index contributed by atoms with van der Waals surface area (Å²) in [5.41, 5.74) is 2.34. The van der Waals surface area contributed by atoms with Gasteiger partial charge >= 0.3 is 12.0 Å². The largest absolute Gasteiger partial charge is 0.493 e. The van der Waals surface area contributed by atoms with Crippen LogP contribution in [0.1, 0.15) is 37.9 Å². The molecule has 0 saturated heterocycles. The number of amides is 2. The van der Waals surface area contributed by atoms with Crippen molar-refractivity contribution in [2.45, 2.75) is 39.5 Å². The summed E-state index contributed by atoms with van der Waals surface area (Å²) in [6.45, 7) is 5.53. The summed E-state index contributed by atoms with van der Waals surface area (Å²) in [5.74, 6) is 0.459. The zero-order chi connectivity index (χ0) is 21.7. The maximum atomic E-state index is 12.8. The molecular formula is C23H26N2O5. The van der Waals surface area contributed by atoms with Crippen molar-refractivity contribution >= 4 is 12.0 Å². The Morgan fingerprint density at radius 3 is 2.50 bits per heavy atom. The molecule has 1 aliphatic heterocycles. The number of rotatable bonds is 7. The zero-order valence-corrected chi connectivity index (χ0v) is 17.5. The van der Waals surface area contributed by atoms with Crippen molar-refractivity contribution in [1.82, 2.24) is 10.6 Å². The van der Waals surface area contributed by atoms with Gasteiger partial charge in [0.25, 0.3) is 0 Å². The van der Waals surface area contributed by atoms with E-state index >= 15 is 0 Å². The number of nitrogens with one attached hydrogen (secondary N) is 2. The molecule has 2 aromatic rings. The summed E-state index contributed by atoms with van der Waals surface area (Å²) >= 11 is 0. The highest BCUT2D eigenvalue weighted by atomic mass is 16.5. The fraction of sp³-hybridized carbons (Fsp3) is 0.304. The average Bonchev–Trinajstić information content (AvgIpc) is 2.71. The Hall–Kier alpha value is -3.48. The van der Waals surface area contributed by atoms with Crippen LogP contribution in [0.2, 0.25) is 0 Å². The topological polar surface area (TPSA) is 85.9 Å². The lowest BCUT2D eigenvalue weighted by Gasteiger charge is -2.30. The van der Waals surface area contributed by atoms with Crippen LogP contribution in [0.25, 0.3) is 0 Å². The van der Waals surface area contributed by atoms with Crippen molar-refractivity contribution < 1.29 is 23.8 Å². The summed E-state index contributed by atoms with van der Waals surface area (Å²) in [5, 5.41) is 5.46. The first-order valence-corrected chi connectivity index (χ1v) is 9.73. The van der Waals surface area contributed by atoms with Crippen molar-refractivity contribution in [3.8, 4) is 11.5 Å². The van der Waals surface area contributed by atoms with Gasteiger partial charge in [-0.2, -0.15) is 0 Å². The van der Waals surface area contributed by atoms with Crippen molar-refractivity contribution in [3.05, 3.63) is 70.9 Å². The molecule has 1 heterocycles. The van der Waals surface area contributed by atoms with Crippen molar-refractivity contribution in [3.63, 3.8) is 0 Å². The second kappa shape index (κ2) is 9.35. The van der Waals surface area contributed by atoms with Crippen LogP contribution in [-0.2, 0) is 16.1 Å². The van der Waals surface area contributed by atoms with Gasteiger partial charge in [-0.05, 0) is 32.4 Å². The maximum absolute atomic E-state index is 12.8. The Morgan fingerprint density at radius 2 is 1.83 bits per heavy atom. The van der Waals surface area contributed by atoms with Gasteiger partial charge in [-0.15, -0.1) is 0 Å². The van der Waals surface area contributed by atoms with Gasteiger partial charge in [0.2, 0.25) is 0 Å². The second-order valence-corrected chi connectivity index (χ2v) is 7.18. The van der Waals surface area contributed by atoms with Gasteiger partial charge in [0.15, 0.2) is 11.5 Å². The Morgan fingerprint density at radius 1 is 1.10 bits per heavy atom. The van der Waals surface area contributed by atoms with Crippen molar-refractivity contribution in [2.24, 2.45) is 0 Å².